The summed E-state index contributed by atoms with van der Waals surface area (Å²) in [5, 5.41) is 11.0. The monoisotopic (exact) mass is 235 g/mol. The number of nitrogens with one attached hydrogen (secondary N) is 1. The second-order valence-electron chi connectivity index (χ2n) is 3.70. The summed E-state index contributed by atoms with van der Waals surface area (Å²) in [6.07, 6.45) is 0.379. The molecule has 0 aliphatic heterocycles. The Labute approximate surface area is 99.7 Å². The number of benzene rings is 1. The molecule has 1 amide bonds. The van der Waals surface area contributed by atoms with Crippen molar-refractivity contribution in [1.29, 1.82) is 5.26 Å². The quantitative estimate of drug-likeness (QED) is 0.843. The number of anilines is 1. The normalized spacial score (nSPS) is 10.0. The Morgan fingerprint density at radius 2 is 2.35 bits per heavy atom. The van der Waals surface area contributed by atoms with Gasteiger partial charge in [-0.05, 0) is 25.2 Å². The molecule has 0 aliphatic rings. The van der Waals surface area contributed by atoms with Gasteiger partial charge in [0.05, 0.1) is 12.6 Å². The Morgan fingerprint density at radius 3 is 3.00 bits per heavy atom. The van der Waals surface area contributed by atoms with Crippen LogP contribution in [0, 0.1) is 17.1 Å². The van der Waals surface area contributed by atoms with Gasteiger partial charge in [-0.3, -0.25) is 9.69 Å². The van der Waals surface area contributed by atoms with E-state index in [9.17, 15) is 9.18 Å². The molecule has 0 unspecified atom stereocenters. The largest absolute Gasteiger partial charge is 0.325 e. The number of halogens is 1. The first-order chi connectivity index (χ1) is 8.11. The molecule has 0 heterocycles. The Hall–Kier alpha value is -1.93. The van der Waals surface area contributed by atoms with E-state index in [2.05, 4.69) is 5.32 Å². The molecule has 1 N–H and O–H groups in total. The SMILES string of the molecule is CN(CCC#N)CC(=O)Nc1cccc(F)c1. The molecule has 0 bridgehead atoms. The van der Waals surface area contributed by atoms with Gasteiger partial charge in [0.25, 0.3) is 0 Å². The molecule has 0 atom stereocenters. The number of carbonyl (C=O) groups excluding carboxylic acids is 1. The third-order valence-corrected chi connectivity index (χ3v) is 2.13. The minimum Gasteiger partial charge on any atom is -0.325 e. The first kappa shape index (κ1) is 13.1. The summed E-state index contributed by atoms with van der Waals surface area (Å²) >= 11 is 0. The lowest BCUT2D eigenvalue weighted by atomic mass is 10.3. The topological polar surface area (TPSA) is 56.1 Å². The van der Waals surface area contributed by atoms with E-state index in [0.29, 0.717) is 18.7 Å². The third-order valence-electron chi connectivity index (χ3n) is 2.13. The molecule has 90 valence electrons. The van der Waals surface area contributed by atoms with Crippen molar-refractivity contribution in [3.8, 4) is 6.07 Å². The standard InChI is InChI=1S/C12H14FN3O/c1-16(7-3-6-14)9-12(17)15-11-5-2-4-10(13)8-11/h2,4-5,8H,3,7,9H2,1H3,(H,15,17). The van der Waals surface area contributed by atoms with Crippen molar-refractivity contribution in [1.82, 2.24) is 4.90 Å². The van der Waals surface area contributed by atoms with E-state index in [0.717, 1.165) is 0 Å². The van der Waals surface area contributed by atoms with Crippen LogP contribution in [0.25, 0.3) is 0 Å². The van der Waals surface area contributed by atoms with Crippen molar-refractivity contribution in [3.63, 3.8) is 0 Å². The van der Waals surface area contributed by atoms with Gasteiger partial charge in [-0.2, -0.15) is 5.26 Å². The lowest BCUT2D eigenvalue weighted by molar-refractivity contribution is -0.117. The molecule has 4 nitrogen and oxygen atoms in total. The van der Waals surface area contributed by atoms with Crippen LogP contribution in [-0.2, 0) is 4.79 Å². The van der Waals surface area contributed by atoms with Gasteiger partial charge in [-0.15, -0.1) is 0 Å². The molecule has 0 spiro atoms. The Bertz CT molecular complexity index is 428. The van der Waals surface area contributed by atoms with E-state index < -0.39 is 0 Å². The zero-order valence-electron chi connectivity index (χ0n) is 9.61. The van der Waals surface area contributed by atoms with Crippen LogP contribution in [0.5, 0.6) is 0 Å². The third kappa shape index (κ3) is 5.09. The summed E-state index contributed by atoms with van der Waals surface area (Å²) in [5.74, 6) is -0.614. The average Bonchev–Trinajstić information content (AvgIpc) is 2.26. The van der Waals surface area contributed by atoms with Gasteiger partial charge in [0.2, 0.25) is 5.91 Å². The van der Waals surface area contributed by atoms with Crippen LogP contribution in [0.15, 0.2) is 24.3 Å². The van der Waals surface area contributed by atoms with E-state index in [1.165, 1.54) is 18.2 Å². The van der Waals surface area contributed by atoms with Crippen molar-refractivity contribution in [3.05, 3.63) is 30.1 Å². The fourth-order valence-electron chi connectivity index (χ4n) is 1.33. The molecule has 0 fully saturated rings. The van der Waals surface area contributed by atoms with E-state index in [1.54, 1.807) is 18.0 Å². The maximum Gasteiger partial charge on any atom is 0.238 e. The predicted octanol–water partition coefficient (Wildman–Crippen LogP) is 1.61. The van der Waals surface area contributed by atoms with Crippen LogP contribution in [0.3, 0.4) is 0 Å². The van der Waals surface area contributed by atoms with E-state index in [-0.39, 0.29) is 18.3 Å². The minimum atomic E-state index is -0.388. The van der Waals surface area contributed by atoms with Gasteiger partial charge in [0, 0.05) is 18.7 Å². The number of nitriles is 1. The maximum absolute atomic E-state index is 12.8. The van der Waals surface area contributed by atoms with E-state index in [1.807, 2.05) is 6.07 Å². The molecule has 0 saturated heterocycles. The molecule has 0 saturated carbocycles. The molecule has 0 aromatic heterocycles. The van der Waals surface area contributed by atoms with Crippen LogP contribution in [0.4, 0.5) is 10.1 Å². The first-order valence-electron chi connectivity index (χ1n) is 5.22. The van der Waals surface area contributed by atoms with Crippen LogP contribution < -0.4 is 5.32 Å². The first-order valence-corrected chi connectivity index (χ1v) is 5.22. The molecular formula is C12H14FN3O. The molecule has 17 heavy (non-hydrogen) atoms. The van der Waals surface area contributed by atoms with E-state index in [4.69, 9.17) is 5.26 Å². The highest BCUT2D eigenvalue weighted by atomic mass is 19.1. The fourth-order valence-corrected chi connectivity index (χ4v) is 1.33. The molecule has 1 aromatic rings. The van der Waals surface area contributed by atoms with E-state index >= 15 is 0 Å². The summed E-state index contributed by atoms with van der Waals surface area (Å²) in [6, 6.07) is 7.73. The second-order valence-corrected chi connectivity index (χ2v) is 3.70. The summed E-state index contributed by atoms with van der Waals surface area (Å²) in [7, 11) is 1.75. The number of carbonyl (C=O) groups is 1. The van der Waals surface area contributed by atoms with Gasteiger partial charge in [-0.1, -0.05) is 6.07 Å². The Balaban J connectivity index is 2.42. The zero-order valence-corrected chi connectivity index (χ0v) is 9.61. The van der Waals surface area contributed by atoms with Crippen LogP contribution >= 0.6 is 0 Å². The molecular weight excluding hydrogens is 221 g/mol. The predicted molar refractivity (Wildman–Crippen MR) is 62.8 cm³/mol. The van der Waals surface area contributed by atoms with Gasteiger partial charge in [-0.25, -0.2) is 4.39 Å². The maximum atomic E-state index is 12.8. The van der Waals surface area contributed by atoms with Crippen molar-refractivity contribution >= 4 is 11.6 Å². The summed E-state index contributed by atoms with van der Waals surface area (Å²) in [5.41, 5.74) is 0.434. The summed E-state index contributed by atoms with van der Waals surface area (Å²) < 4.78 is 12.8. The number of hydrogen-bond donors (Lipinski definition) is 1. The van der Waals surface area contributed by atoms with Gasteiger partial charge >= 0.3 is 0 Å². The number of likely N-dealkylation sites (N-methyl/N-ethyl adjacent to an activating group) is 1. The number of nitrogens with zero attached hydrogens (tertiary/aromatic N) is 2. The lowest BCUT2D eigenvalue weighted by Gasteiger charge is -2.14. The highest BCUT2D eigenvalue weighted by Gasteiger charge is 2.06. The Morgan fingerprint density at radius 1 is 1.59 bits per heavy atom. The molecule has 0 aliphatic carbocycles. The average molecular weight is 235 g/mol. The minimum absolute atomic E-state index is 0.179. The van der Waals surface area contributed by atoms with Gasteiger partial charge in [0.15, 0.2) is 0 Å². The van der Waals surface area contributed by atoms with Gasteiger partial charge < -0.3 is 5.32 Å². The number of rotatable bonds is 5. The van der Waals surface area contributed by atoms with Crippen LogP contribution in [0.2, 0.25) is 0 Å². The van der Waals surface area contributed by atoms with Crippen molar-refractivity contribution < 1.29 is 9.18 Å². The smallest absolute Gasteiger partial charge is 0.238 e. The highest BCUT2D eigenvalue weighted by Crippen LogP contribution is 2.08. The second kappa shape index (κ2) is 6.61. The number of hydrogen-bond acceptors (Lipinski definition) is 3. The molecule has 0 radical (unpaired) electrons. The van der Waals surface area contributed by atoms with Crippen LogP contribution in [0.1, 0.15) is 6.42 Å². The van der Waals surface area contributed by atoms with Crippen molar-refractivity contribution in [2.75, 3.05) is 25.5 Å². The fraction of sp³-hybridized carbons (Fsp3) is 0.333. The van der Waals surface area contributed by atoms with Crippen LogP contribution in [-0.4, -0.2) is 30.9 Å². The molecule has 5 heteroatoms. The summed E-state index contributed by atoms with van der Waals surface area (Å²) in [6.45, 7) is 0.714. The van der Waals surface area contributed by atoms with Crippen molar-refractivity contribution in [2.24, 2.45) is 0 Å². The number of amides is 1. The lowest BCUT2D eigenvalue weighted by Crippen LogP contribution is -2.30. The zero-order chi connectivity index (χ0) is 12.7. The molecule has 1 aromatic carbocycles. The van der Waals surface area contributed by atoms with Crippen molar-refractivity contribution in [2.45, 2.75) is 6.42 Å². The molecule has 1 rings (SSSR count). The van der Waals surface area contributed by atoms with Gasteiger partial charge in [0.1, 0.15) is 5.82 Å². The summed E-state index contributed by atoms with van der Waals surface area (Å²) in [4.78, 5) is 13.3. The Kier molecular flexibility index (Phi) is 5.11. The highest BCUT2D eigenvalue weighted by molar-refractivity contribution is 5.92.